The predicted octanol–water partition coefficient (Wildman–Crippen LogP) is 1.11. The van der Waals surface area contributed by atoms with Crippen LogP contribution in [-0.4, -0.2) is 59.4 Å². The molecule has 3 heterocycles. The van der Waals surface area contributed by atoms with Gasteiger partial charge in [-0.15, -0.1) is 0 Å². The van der Waals surface area contributed by atoms with Gasteiger partial charge in [0.2, 0.25) is 0 Å². The van der Waals surface area contributed by atoms with Crippen LogP contribution in [0.4, 0.5) is 0 Å². The summed E-state index contributed by atoms with van der Waals surface area (Å²) in [6.07, 6.45) is 4.23. The maximum absolute atomic E-state index is 12.5. The van der Waals surface area contributed by atoms with E-state index >= 15 is 0 Å². The highest BCUT2D eigenvalue weighted by Gasteiger charge is 2.44. The summed E-state index contributed by atoms with van der Waals surface area (Å²) in [5.41, 5.74) is -0.330. The largest absolute Gasteiger partial charge is 0.459 e. The lowest BCUT2D eigenvalue weighted by Crippen LogP contribution is -2.42. The highest BCUT2D eigenvalue weighted by molar-refractivity contribution is 5.90. The lowest BCUT2D eigenvalue weighted by atomic mass is 9.91. The lowest BCUT2D eigenvalue weighted by Gasteiger charge is -2.28. The van der Waals surface area contributed by atoms with Crippen LogP contribution >= 0.6 is 0 Å². The Kier molecular flexibility index (Phi) is 4.36. The van der Waals surface area contributed by atoms with E-state index in [-0.39, 0.29) is 30.7 Å². The number of cyclic esters (lactones) is 1. The summed E-state index contributed by atoms with van der Waals surface area (Å²) >= 11 is 0. The van der Waals surface area contributed by atoms with Gasteiger partial charge in [-0.2, -0.15) is 0 Å². The van der Waals surface area contributed by atoms with Crippen molar-refractivity contribution in [2.45, 2.75) is 44.4 Å². The molecule has 0 aromatic heterocycles. The van der Waals surface area contributed by atoms with Gasteiger partial charge in [-0.3, -0.25) is 4.90 Å². The molecule has 0 saturated carbocycles. The van der Waals surface area contributed by atoms with Crippen molar-refractivity contribution in [3.63, 3.8) is 0 Å². The fourth-order valence-electron chi connectivity index (χ4n) is 3.47. The topological polar surface area (TPSA) is 76.1 Å². The van der Waals surface area contributed by atoms with E-state index in [1.807, 2.05) is 6.08 Å². The predicted molar refractivity (Wildman–Crippen MR) is 87.0 cm³/mol. The van der Waals surface area contributed by atoms with Gasteiger partial charge in [0.25, 0.3) is 0 Å². The highest BCUT2D eigenvalue weighted by atomic mass is 16.6. The van der Waals surface area contributed by atoms with E-state index in [2.05, 4.69) is 11.5 Å². The Morgan fingerprint density at radius 1 is 1.46 bits per heavy atom. The van der Waals surface area contributed by atoms with Crippen LogP contribution in [0.5, 0.6) is 0 Å². The molecule has 0 aliphatic carbocycles. The van der Waals surface area contributed by atoms with Gasteiger partial charge in [0, 0.05) is 25.1 Å². The molecule has 0 spiro atoms. The van der Waals surface area contributed by atoms with Crippen LogP contribution in [0.1, 0.15) is 26.7 Å². The molecule has 3 aliphatic heterocycles. The average molecular weight is 333 g/mol. The van der Waals surface area contributed by atoms with Crippen molar-refractivity contribution >= 4 is 11.9 Å². The average Bonchev–Trinajstić information content (AvgIpc) is 3.12. The van der Waals surface area contributed by atoms with Crippen LogP contribution < -0.4 is 0 Å². The lowest BCUT2D eigenvalue weighted by molar-refractivity contribution is -0.160. The molecule has 0 aromatic rings. The van der Waals surface area contributed by atoms with Crippen molar-refractivity contribution in [3.8, 4) is 0 Å². The maximum Gasteiger partial charge on any atom is 0.342 e. The summed E-state index contributed by atoms with van der Waals surface area (Å²) in [4.78, 5) is 27.0. The minimum atomic E-state index is -1.85. The minimum absolute atomic E-state index is 0.0487. The summed E-state index contributed by atoms with van der Waals surface area (Å²) in [7, 11) is 0. The zero-order valence-corrected chi connectivity index (χ0v) is 14.1. The minimum Gasteiger partial charge on any atom is -0.459 e. The second kappa shape index (κ2) is 6.18. The number of hydrogen-bond acceptors (Lipinski definition) is 6. The summed E-state index contributed by atoms with van der Waals surface area (Å²) < 4.78 is 11.1. The number of allylic oxidation sites excluding steroid dienone is 1. The van der Waals surface area contributed by atoms with E-state index in [0.717, 1.165) is 25.1 Å². The smallest absolute Gasteiger partial charge is 0.342 e. The molecule has 0 aromatic carbocycles. The summed E-state index contributed by atoms with van der Waals surface area (Å²) in [5.74, 6) is -1.16. The van der Waals surface area contributed by atoms with Gasteiger partial charge in [-0.1, -0.05) is 18.7 Å². The first-order valence-electron chi connectivity index (χ1n) is 8.21. The Morgan fingerprint density at radius 2 is 2.21 bits per heavy atom. The third-order valence-electron chi connectivity index (χ3n) is 5.14. The van der Waals surface area contributed by atoms with Gasteiger partial charge < -0.3 is 14.6 Å². The van der Waals surface area contributed by atoms with Gasteiger partial charge in [0.05, 0.1) is 6.04 Å². The first-order chi connectivity index (χ1) is 11.3. The van der Waals surface area contributed by atoms with Gasteiger partial charge in [-0.25, -0.2) is 9.59 Å². The van der Waals surface area contributed by atoms with Gasteiger partial charge in [0.1, 0.15) is 12.7 Å². The number of nitrogens with zero attached hydrogens (tertiary/aromatic N) is 1. The SMILES string of the molecule is C=C1C/C(=C/C)C(=O)OC2CCN3CC=C(COC(=O)[C@]1(C)O)[C@H]23. The van der Waals surface area contributed by atoms with Crippen LogP contribution in [0.3, 0.4) is 0 Å². The van der Waals surface area contributed by atoms with Crippen molar-refractivity contribution in [1.29, 1.82) is 0 Å². The van der Waals surface area contributed by atoms with Crippen LogP contribution in [0.25, 0.3) is 0 Å². The van der Waals surface area contributed by atoms with Crippen LogP contribution in [0, 0.1) is 0 Å². The number of aliphatic hydroxyl groups is 1. The van der Waals surface area contributed by atoms with E-state index in [1.165, 1.54) is 6.92 Å². The number of hydrogen-bond donors (Lipinski definition) is 1. The number of carbonyl (C=O) groups excluding carboxylic acids is 2. The Hall–Kier alpha value is -1.92. The van der Waals surface area contributed by atoms with Crippen molar-refractivity contribution < 1.29 is 24.2 Å². The molecular weight excluding hydrogens is 310 g/mol. The van der Waals surface area contributed by atoms with Crippen molar-refractivity contribution in [2.24, 2.45) is 0 Å². The van der Waals surface area contributed by atoms with Crippen molar-refractivity contribution in [1.82, 2.24) is 4.90 Å². The number of ether oxygens (including phenoxy) is 2. The number of esters is 2. The highest BCUT2D eigenvalue weighted by Crippen LogP contribution is 2.33. The molecule has 130 valence electrons. The molecule has 1 unspecified atom stereocenters. The van der Waals surface area contributed by atoms with E-state index in [9.17, 15) is 14.7 Å². The van der Waals surface area contributed by atoms with Crippen LogP contribution in [-0.2, 0) is 19.1 Å². The van der Waals surface area contributed by atoms with E-state index in [1.54, 1.807) is 13.0 Å². The molecule has 6 nitrogen and oxygen atoms in total. The maximum atomic E-state index is 12.5. The van der Waals surface area contributed by atoms with Gasteiger partial charge >= 0.3 is 11.9 Å². The molecule has 3 rings (SSSR count). The van der Waals surface area contributed by atoms with Gasteiger partial charge in [-0.05, 0) is 31.4 Å². The molecule has 2 saturated heterocycles. The first kappa shape index (κ1) is 16.9. The van der Waals surface area contributed by atoms with Gasteiger partial charge in [0.15, 0.2) is 5.60 Å². The Morgan fingerprint density at radius 3 is 2.92 bits per heavy atom. The second-order valence-electron chi connectivity index (χ2n) is 6.69. The summed E-state index contributed by atoms with van der Waals surface area (Å²) in [6, 6.07) is -0.0487. The quantitative estimate of drug-likeness (QED) is 0.407. The molecule has 0 amide bonds. The molecule has 2 fully saturated rings. The standard InChI is InChI=1S/C18H23NO5/c1-4-12-9-11(2)18(3,22)17(21)23-10-13-5-7-19-8-6-14(15(13)19)24-16(12)20/h4-5,14-15,22H,2,6-10H2,1,3H3/b12-4-/t14?,15-,18-/m1/s1. The molecule has 0 bridgehead atoms. The molecule has 0 radical (unpaired) electrons. The first-order valence-corrected chi connectivity index (χ1v) is 8.21. The Labute approximate surface area is 141 Å². The number of rotatable bonds is 0. The zero-order valence-electron chi connectivity index (χ0n) is 14.1. The zero-order chi connectivity index (χ0) is 17.5. The monoisotopic (exact) mass is 333 g/mol. The van der Waals surface area contributed by atoms with Crippen LogP contribution in [0.15, 0.2) is 35.5 Å². The van der Waals surface area contributed by atoms with Crippen molar-refractivity contribution in [3.05, 3.63) is 35.5 Å². The summed E-state index contributed by atoms with van der Waals surface area (Å²) in [5, 5.41) is 10.5. The molecule has 3 aliphatic rings. The van der Waals surface area contributed by atoms with Crippen molar-refractivity contribution in [2.75, 3.05) is 19.7 Å². The molecule has 3 atom stereocenters. The Balaban J connectivity index is 1.92. The Bertz CT molecular complexity index is 646. The van der Waals surface area contributed by atoms with E-state index in [0.29, 0.717) is 5.57 Å². The van der Waals surface area contributed by atoms with Crippen LogP contribution in [0.2, 0.25) is 0 Å². The fraction of sp³-hybridized carbons (Fsp3) is 0.556. The number of carbonyl (C=O) groups is 2. The second-order valence-corrected chi connectivity index (χ2v) is 6.69. The fourth-order valence-corrected chi connectivity index (χ4v) is 3.47. The third-order valence-corrected chi connectivity index (χ3v) is 5.14. The van der Waals surface area contributed by atoms with E-state index < -0.39 is 17.5 Å². The molecule has 6 heteroatoms. The van der Waals surface area contributed by atoms with E-state index in [4.69, 9.17) is 9.47 Å². The molecule has 24 heavy (non-hydrogen) atoms. The normalized spacial score (nSPS) is 36.5. The molecular formula is C18H23NO5. The molecule has 1 N–H and O–H groups in total. The summed E-state index contributed by atoms with van der Waals surface area (Å²) in [6.45, 7) is 8.53. The third kappa shape index (κ3) is 2.80.